The number of amides is 1. The summed E-state index contributed by atoms with van der Waals surface area (Å²) < 4.78 is 5.88. The summed E-state index contributed by atoms with van der Waals surface area (Å²) in [6.07, 6.45) is 49.2. The summed E-state index contributed by atoms with van der Waals surface area (Å²) in [6.45, 7) is 6.43. The Morgan fingerprint density at radius 1 is 0.527 bits per heavy atom. The number of hydrogen-bond donors (Lipinski definition) is 3. The van der Waals surface area contributed by atoms with Gasteiger partial charge in [0.2, 0.25) is 5.91 Å². The Hall–Kier alpha value is -1.92. The van der Waals surface area contributed by atoms with Crippen molar-refractivity contribution in [1.82, 2.24) is 5.32 Å². The minimum Gasteiger partial charge on any atom is -0.462 e. The van der Waals surface area contributed by atoms with E-state index in [2.05, 4.69) is 62.5 Å². The predicted molar refractivity (Wildman–Crippen MR) is 236 cm³/mol. The average molecular weight is 774 g/mol. The van der Waals surface area contributed by atoms with Crippen molar-refractivity contribution in [2.24, 2.45) is 0 Å². The SMILES string of the molecule is CCCCCCC/C=C/C=C/C=C/CCCCCC(CC(=O)NC(CO)C(O)CCCCCCCCCCCCC)OC(=O)CCCCCCCCCCC. The van der Waals surface area contributed by atoms with Gasteiger partial charge in [-0.25, -0.2) is 0 Å². The van der Waals surface area contributed by atoms with Crippen molar-refractivity contribution < 1.29 is 24.5 Å². The topological polar surface area (TPSA) is 95.9 Å². The van der Waals surface area contributed by atoms with E-state index in [-0.39, 0.29) is 24.9 Å². The molecule has 3 N–H and O–H groups in total. The lowest BCUT2D eigenvalue weighted by atomic mass is 10.0. The molecule has 6 heteroatoms. The molecule has 3 atom stereocenters. The molecular weight excluding hydrogens is 683 g/mol. The first-order chi connectivity index (χ1) is 27.0. The number of hydrogen-bond acceptors (Lipinski definition) is 5. The van der Waals surface area contributed by atoms with Crippen LogP contribution in [-0.4, -0.2) is 46.9 Å². The van der Waals surface area contributed by atoms with Gasteiger partial charge in [-0.05, 0) is 51.4 Å². The molecule has 3 unspecified atom stereocenters. The van der Waals surface area contributed by atoms with Gasteiger partial charge in [0, 0.05) is 6.42 Å². The summed E-state index contributed by atoms with van der Waals surface area (Å²) in [5, 5.41) is 23.6. The van der Waals surface area contributed by atoms with Crippen LogP contribution in [0, 0.1) is 0 Å². The Bertz CT molecular complexity index is 915. The lowest BCUT2D eigenvalue weighted by molar-refractivity contribution is -0.151. The van der Waals surface area contributed by atoms with Gasteiger partial charge in [0.05, 0.1) is 25.2 Å². The second-order valence-corrected chi connectivity index (χ2v) is 16.2. The third-order valence-electron chi connectivity index (χ3n) is 10.8. The maximum atomic E-state index is 13.1. The molecule has 0 aromatic rings. The minimum atomic E-state index is -0.792. The van der Waals surface area contributed by atoms with Crippen LogP contribution >= 0.6 is 0 Å². The molecule has 0 rings (SSSR count). The molecule has 0 fully saturated rings. The first-order valence-electron chi connectivity index (χ1n) is 23.7. The number of aliphatic hydroxyl groups is 2. The number of carbonyl (C=O) groups excluding carboxylic acids is 2. The van der Waals surface area contributed by atoms with E-state index in [1.165, 1.54) is 122 Å². The second kappa shape index (κ2) is 43.2. The Morgan fingerprint density at radius 3 is 1.40 bits per heavy atom. The largest absolute Gasteiger partial charge is 0.462 e. The molecule has 322 valence electrons. The molecule has 0 aliphatic carbocycles. The van der Waals surface area contributed by atoms with Gasteiger partial charge in [-0.3, -0.25) is 9.59 Å². The van der Waals surface area contributed by atoms with Crippen molar-refractivity contribution in [2.45, 2.75) is 257 Å². The van der Waals surface area contributed by atoms with E-state index in [4.69, 9.17) is 4.74 Å². The maximum absolute atomic E-state index is 13.1. The lowest BCUT2D eigenvalue weighted by Crippen LogP contribution is -2.46. The fraction of sp³-hybridized carbons (Fsp3) is 0.837. The number of unbranched alkanes of at least 4 members (excludes halogenated alkanes) is 26. The average Bonchev–Trinajstić information content (AvgIpc) is 3.18. The van der Waals surface area contributed by atoms with Crippen molar-refractivity contribution in [3.8, 4) is 0 Å². The van der Waals surface area contributed by atoms with E-state index < -0.39 is 18.2 Å². The van der Waals surface area contributed by atoms with Crippen LogP contribution in [0.1, 0.15) is 239 Å². The van der Waals surface area contributed by atoms with Crippen molar-refractivity contribution in [3.63, 3.8) is 0 Å². The first-order valence-corrected chi connectivity index (χ1v) is 23.7. The number of aliphatic hydroxyl groups excluding tert-OH is 2. The van der Waals surface area contributed by atoms with E-state index in [9.17, 15) is 19.8 Å². The predicted octanol–water partition coefficient (Wildman–Crippen LogP) is 13.7. The van der Waals surface area contributed by atoms with Crippen molar-refractivity contribution in [3.05, 3.63) is 36.5 Å². The van der Waals surface area contributed by atoms with Crippen LogP contribution in [0.25, 0.3) is 0 Å². The highest BCUT2D eigenvalue weighted by molar-refractivity contribution is 5.77. The highest BCUT2D eigenvalue weighted by Gasteiger charge is 2.24. The van der Waals surface area contributed by atoms with Crippen molar-refractivity contribution in [2.75, 3.05) is 6.61 Å². The van der Waals surface area contributed by atoms with Crippen LogP contribution in [0.15, 0.2) is 36.5 Å². The summed E-state index contributed by atoms with van der Waals surface area (Å²) in [5.41, 5.74) is 0. The molecule has 0 aliphatic rings. The van der Waals surface area contributed by atoms with Crippen molar-refractivity contribution in [1.29, 1.82) is 0 Å². The summed E-state index contributed by atoms with van der Waals surface area (Å²) in [7, 11) is 0. The fourth-order valence-electron chi connectivity index (χ4n) is 7.14. The number of nitrogens with one attached hydrogen (secondary N) is 1. The van der Waals surface area contributed by atoms with E-state index in [0.29, 0.717) is 19.3 Å². The van der Waals surface area contributed by atoms with Crippen molar-refractivity contribution >= 4 is 11.9 Å². The Balaban J connectivity index is 4.65. The van der Waals surface area contributed by atoms with E-state index in [1.54, 1.807) is 0 Å². The van der Waals surface area contributed by atoms with E-state index >= 15 is 0 Å². The molecule has 0 radical (unpaired) electrons. The standard InChI is InChI=1S/C49H91NO5/c1-4-7-10-13-16-19-21-22-23-24-25-27-29-31-34-37-40-45(55-49(54)42-39-36-33-28-18-15-12-9-6-3)43-48(53)50-46(44-51)47(52)41-38-35-32-30-26-20-17-14-11-8-5-2/h21-25,27,45-47,51-52H,4-20,26,28-44H2,1-3H3,(H,50,53)/b22-21+,24-23+,27-25+. The van der Waals surface area contributed by atoms with Crippen LogP contribution in [0.5, 0.6) is 0 Å². The molecule has 0 saturated carbocycles. The van der Waals surface area contributed by atoms with Crippen LogP contribution < -0.4 is 5.32 Å². The maximum Gasteiger partial charge on any atom is 0.306 e. The zero-order chi connectivity index (χ0) is 40.3. The third kappa shape index (κ3) is 38.7. The molecule has 6 nitrogen and oxygen atoms in total. The van der Waals surface area contributed by atoms with Gasteiger partial charge in [0.15, 0.2) is 0 Å². The van der Waals surface area contributed by atoms with Gasteiger partial charge >= 0.3 is 5.97 Å². The third-order valence-corrected chi connectivity index (χ3v) is 10.8. The number of ether oxygens (including phenoxy) is 1. The van der Waals surface area contributed by atoms with Gasteiger partial charge in [0.1, 0.15) is 6.10 Å². The first kappa shape index (κ1) is 53.1. The summed E-state index contributed by atoms with van der Waals surface area (Å²) in [6, 6.07) is -0.708. The summed E-state index contributed by atoms with van der Waals surface area (Å²) in [5.74, 6) is -0.505. The van der Waals surface area contributed by atoms with E-state index in [0.717, 1.165) is 70.6 Å². The van der Waals surface area contributed by atoms with Crippen LogP contribution in [0.3, 0.4) is 0 Å². The van der Waals surface area contributed by atoms with Gasteiger partial charge in [-0.15, -0.1) is 0 Å². The molecular formula is C49H91NO5. The number of esters is 1. The number of rotatable bonds is 42. The zero-order valence-corrected chi connectivity index (χ0v) is 36.6. The number of allylic oxidation sites excluding steroid dienone is 6. The molecule has 0 aliphatic heterocycles. The zero-order valence-electron chi connectivity index (χ0n) is 36.6. The van der Waals surface area contributed by atoms with Crippen LogP contribution in [-0.2, 0) is 14.3 Å². The Kier molecular flexibility index (Phi) is 41.7. The van der Waals surface area contributed by atoms with Crippen LogP contribution in [0.4, 0.5) is 0 Å². The molecule has 0 saturated heterocycles. The molecule has 0 bridgehead atoms. The minimum absolute atomic E-state index is 0.0577. The molecule has 1 amide bonds. The normalized spacial score (nSPS) is 13.6. The summed E-state index contributed by atoms with van der Waals surface area (Å²) >= 11 is 0. The quantitative estimate of drug-likeness (QED) is 0.0326. The van der Waals surface area contributed by atoms with Crippen LogP contribution in [0.2, 0.25) is 0 Å². The highest BCUT2D eigenvalue weighted by Crippen LogP contribution is 2.17. The molecule has 0 spiro atoms. The van der Waals surface area contributed by atoms with Gasteiger partial charge in [0.25, 0.3) is 0 Å². The fourth-order valence-corrected chi connectivity index (χ4v) is 7.14. The van der Waals surface area contributed by atoms with Gasteiger partial charge < -0.3 is 20.3 Å². The highest BCUT2D eigenvalue weighted by atomic mass is 16.5. The molecule has 55 heavy (non-hydrogen) atoms. The Labute approximate surface area is 341 Å². The molecule has 0 aromatic carbocycles. The number of carbonyl (C=O) groups is 2. The molecule has 0 heterocycles. The summed E-state index contributed by atoms with van der Waals surface area (Å²) in [4.78, 5) is 26.0. The smallest absolute Gasteiger partial charge is 0.306 e. The monoisotopic (exact) mass is 774 g/mol. The second-order valence-electron chi connectivity index (χ2n) is 16.2. The Morgan fingerprint density at radius 2 is 0.927 bits per heavy atom. The van der Waals surface area contributed by atoms with Gasteiger partial charge in [-0.1, -0.05) is 211 Å². The van der Waals surface area contributed by atoms with Gasteiger partial charge in [-0.2, -0.15) is 0 Å². The van der Waals surface area contributed by atoms with E-state index in [1.807, 2.05) is 0 Å². The molecule has 0 aromatic heterocycles. The lowest BCUT2D eigenvalue weighted by Gasteiger charge is -2.24.